The molecule has 1 aromatic heterocycles. The quantitative estimate of drug-likeness (QED) is 0.457. The van der Waals surface area contributed by atoms with Gasteiger partial charge >= 0.3 is 0 Å². The summed E-state index contributed by atoms with van der Waals surface area (Å²) in [6, 6.07) is 10.7. The number of aromatic nitrogens is 1. The Morgan fingerprint density at radius 1 is 1.23 bits per heavy atom. The molecule has 162 valence electrons. The molecule has 30 heavy (non-hydrogen) atoms. The monoisotopic (exact) mass is 466 g/mol. The summed E-state index contributed by atoms with van der Waals surface area (Å²) >= 11 is 7.80. The van der Waals surface area contributed by atoms with Gasteiger partial charge in [-0.25, -0.2) is 18.5 Å². The second kappa shape index (κ2) is 8.83. The van der Waals surface area contributed by atoms with Crippen LogP contribution in [-0.2, 0) is 16.4 Å². The van der Waals surface area contributed by atoms with Crippen LogP contribution in [0.25, 0.3) is 10.2 Å². The Labute approximate surface area is 187 Å². The Hall–Kier alpha value is -1.67. The first-order chi connectivity index (χ1) is 14.0. The lowest BCUT2D eigenvalue weighted by Gasteiger charge is -2.29. The van der Waals surface area contributed by atoms with Gasteiger partial charge in [-0.1, -0.05) is 32.4 Å². The Morgan fingerprint density at radius 2 is 1.97 bits per heavy atom. The van der Waals surface area contributed by atoms with Crippen molar-refractivity contribution < 1.29 is 13.2 Å². The number of fused-ring (bicyclic) bond motifs is 1. The number of nitrogens with two attached hydrogens (primary N) is 1. The predicted octanol–water partition coefficient (Wildman–Crippen LogP) is 5.76. The predicted molar refractivity (Wildman–Crippen MR) is 124 cm³/mol. The Morgan fingerprint density at radius 3 is 2.60 bits per heavy atom. The Balaban J connectivity index is 1.89. The number of nitrogens with zero attached hydrogens (tertiary/aromatic N) is 1. The summed E-state index contributed by atoms with van der Waals surface area (Å²) in [6.07, 6.45) is 2.36. The summed E-state index contributed by atoms with van der Waals surface area (Å²) in [7, 11) is -2.25. The van der Waals surface area contributed by atoms with E-state index in [4.69, 9.17) is 26.5 Å². The van der Waals surface area contributed by atoms with E-state index < -0.39 is 10.0 Å². The number of hydrogen-bond acceptors (Lipinski definition) is 5. The van der Waals surface area contributed by atoms with Gasteiger partial charge in [0.1, 0.15) is 5.75 Å². The van der Waals surface area contributed by atoms with Gasteiger partial charge in [-0.3, -0.25) is 0 Å². The third-order valence-corrected chi connectivity index (χ3v) is 7.68. The largest absolute Gasteiger partial charge is 0.497 e. The van der Waals surface area contributed by atoms with E-state index in [0.29, 0.717) is 22.8 Å². The number of ether oxygens (including phenoxy) is 1. The molecular formula is C22H27ClN2O3S2. The smallest absolute Gasteiger partial charge is 0.238 e. The van der Waals surface area contributed by atoms with E-state index in [9.17, 15) is 8.42 Å². The molecule has 0 saturated heterocycles. The van der Waals surface area contributed by atoms with Crippen LogP contribution in [0.4, 0.5) is 0 Å². The molecule has 0 aliphatic carbocycles. The van der Waals surface area contributed by atoms with Gasteiger partial charge in [0.15, 0.2) is 0 Å². The third kappa shape index (κ3) is 5.32. The van der Waals surface area contributed by atoms with Gasteiger partial charge in [-0.15, -0.1) is 11.3 Å². The summed E-state index contributed by atoms with van der Waals surface area (Å²) in [4.78, 5) is 4.98. The van der Waals surface area contributed by atoms with Crippen molar-refractivity contribution in [1.29, 1.82) is 0 Å². The number of rotatable bonds is 8. The lowest BCUT2D eigenvalue weighted by atomic mass is 9.77. The molecule has 0 aliphatic rings. The molecule has 0 spiro atoms. The van der Waals surface area contributed by atoms with Crippen LogP contribution in [0.3, 0.4) is 0 Å². The molecule has 5 nitrogen and oxygen atoms in total. The maximum absolute atomic E-state index is 12.1. The molecular weight excluding hydrogens is 440 g/mol. The van der Waals surface area contributed by atoms with Crippen LogP contribution in [-0.4, -0.2) is 20.5 Å². The number of primary sulfonamides is 1. The minimum absolute atomic E-state index is 0.152. The molecule has 2 aromatic carbocycles. The van der Waals surface area contributed by atoms with E-state index in [2.05, 4.69) is 20.8 Å². The Bertz CT molecular complexity index is 1160. The number of hydrogen-bond donors (Lipinski definition) is 1. The van der Waals surface area contributed by atoms with Crippen molar-refractivity contribution in [2.24, 2.45) is 10.6 Å². The first kappa shape index (κ1) is 23.0. The van der Waals surface area contributed by atoms with Crippen molar-refractivity contribution in [3.63, 3.8) is 0 Å². The summed E-state index contributed by atoms with van der Waals surface area (Å²) in [5.74, 6) is 0.878. The normalized spacial score (nSPS) is 13.5. The van der Waals surface area contributed by atoms with Crippen molar-refractivity contribution in [3.8, 4) is 5.75 Å². The van der Waals surface area contributed by atoms with Crippen molar-refractivity contribution in [3.05, 3.63) is 52.0 Å². The number of thiazole rings is 1. The summed E-state index contributed by atoms with van der Waals surface area (Å²) in [6.45, 7) is 6.44. The number of benzene rings is 2. The summed E-state index contributed by atoms with van der Waals surface area (Å²) in [5, 5.41) is 7.25. The second-order valence-electron chi connectivity index (χ2n) is 8.33. The maximum atomic E-state index is 12.1. The van der Waals surface area contributed by atoms with Gasteiger partial charge in [-0.2, -0.15) is 0 Å². The molecule has 0 radical (unpaired) electrons. The van der Waals surface area contributed by atoms with Gasteiger partial charge < -0.3 is 4.74 Å². The van der Waals surface area contributed by atoms with E-state index in [0.717, 1.165) is 28.1 Å². The van der Waals surface area contributed by atoms with Gasteiger partial charge in [0, 0.05) is 10.9 Å². The highest BCUT2D eigenvalue weighted by Crippen LogP contribution is 2.40. The van der Waals surface area contributed by atoms with E-state index in [1.54, 1.807) is 30.6 Å². The molecule has 2 N–H and O–H groups in total. The second-order valence-corrected chi connectivity index (χ2v) is 11.4. The SMILES string of the molecule is CCC(CC(C)(C)Cc1cc(OC)ccc1S(N)(=O)=O)c1nc2ccc(Cl)cc2s1. The topological polar surface area (TPSA) is 82.3 Å². The third-order valence-electron chi connectivity index (χ3n) is 5.25. The molecule has 8 heteroatoms. The van der Waals surface area contributed by atoms with E-state index in [-0.39, 0.29) is 16.2 Å². The first-order valence-corrected chi connectivity index (χ1v) is 12.5. The highest BCUT2D eigenvalue weighted by atomic mass is 35.5. The van der Waals surface area contributed by atoms with Gasteiger partial charge in [0.25, 0.3) is 0 Å². The lowest BCUT2D eigenvalue weighted by Crippen LogP contribution is -2.22. The van der Waals surface area contributed by atoms with Gasteiger partial charge in [0.05, 0.1) is 27.2 Å². The van der Waals surface area contributed by atoms with Crippen molar-refractivity contribution in [1.82, 2.24) is 4.98 Å². The van der Waals surface area contributed by atoms with Crippen LogP contribution in [0, 0.1) is 5.41 Å². The standard InChI is InChI=1S/C22H27ClN2O3S2/c1-5-14(21-25-18-8-6-16(23)11-19(18)29-21)12-22(2,3)13-15-10-17(28-4)7-9-20(15)30(24,26)27/h6-11,14H,5,12-13H2,1-4H3,(H2,24,26,27). The van der Waals surface area contributed by atoms with Crippen LogP contribution >= 0.6 is 22.9 Å². The molecule has 3 rings (SSSR count). The van der Waals surface area contributed by atoms with E-state index in [1.165, 1.54) is 6.07 Å². The molecule has 0 amide bonds. The Kier molecular flexibility index (Phi) is 6.77. The molecule has 0 saturated carbocycles. The maximum Gasteiger partial charge on any atom is 0.238 e. The summed E-state index contributed by atoms with van der Waals surface area (Å²) in [5.41, 5.74) is 1.45. The number of halogens is 1. The van der Waals surface area contributed by atoms with Crippen molar-refractivity contribution in [2.75, 3.05) is 7.11 Å². The van der Waals surface area contributed by atoms with E-state index >= 15 is 0 Å². The fourth-order valence-corrected chi connectivity index (χ4v) is 6.03. The minimum atomic E-state index is -3.82. The molecule has 0 bridgehead atoms. The molecule has 0 aliphatic heterocycles. The average molecular weight is 467 g/mol. The van der Waals surface area contributed by atoms with Crippen LogP contribution < -0.4 is 9.88 Å². The zero-order valence-electron chi connectivity index (χ0n) is 17.6. The molecule has 1 heterocycles. The van der Waals surface area contributed by atoms with Crippen LogP contribution in [0.2, 0.25) is 5.02 Å². The van der Waals surface area contributed by atoms with E-state index in [1.807, 2.05) is 18.2 Å². The zero-order chi connectivity index (χ0) is 22.1. The van der Waals surface area contributed by atoms with Crippen molar-refractivity contribution in [2.45, 2.75) is 50.8 Å². The highest BCUT2D eigenvalue weighted by molar-refractivity contribution is 7.89. The lowest BCUT2D eigenvalue weighted by molar-refractivity contribution is 0.295. The van der Waals surface area contributed by atoms with Gasteiger partial charge in [0.2, 0.25) is 10.0 Å². The van der Waals surface area contributed by atoms with Gasteiger partial charge in [-0.05, 0) is 66.6 Å². The van der Waals surface area contributed by atoms with Crippen LogP contribution in [0.1, 0.15) is 50.1 Å². The fraction of sp³-hybridized carbons (Fsp3) is 0.409. The molecule has 0 fully saturated rings. The number of sulfonamides is 1. The average Bonchev–Trinajstić information content (AvgIpc) is 3.07. The molecule has 1 atom stereocenters. The van der Waals surface area contributed by atoms with Crippen LogP contribution in [0.5, 0.6) is 5.75 Å². The highest BCUT2D eigenvalue weighted by Gasteiger charge is 2.28. The number of methoxy groups -OCH3 is 1. The molecule has 1 unspecified atom stereocenters. The minimum Gasteiger partial charge on any atom is -0.497 e. The zero-order valence-corrected chi connectivity index (χ0v) is 20.0. The fourth-order valence-electron chi connectivity index (χ4n) is 3.85. The van der Waals surface area contributed by atoms with Crippen molar-refractivity contribution >= 4 is 43.2 Å². The molecule has 3 aromatic rings. The first-order valence-electron chi connectivity index (χ1n) is 9.78. The summed E-state index contributed by atoms with van der Waals surface area (Å²) < 4.78 is 30.5. The van der Waals surface area contributed by atoms with Crippen LogP contribution in [0.15, 0.2) is 41.3 Å².